The number of hydrogen-bond acceptors (Lipinski definition) is 6. The van der Waals surface area contributed by atoms with Crippen LogP contribution >= 0.6 is 0 Å². The van der Waals surface area contributed by atoms with Gasteiger partial charge in [0, 0.05) is 45.7 Å². The van der Waals surface area contributed by atoms with Crippen molar-refractivity contribution in [2.24, 2.45) is 0 Å². The minimum absolute atomic E-state index is 0.0521. The van der Waals surface area contributed by atoms with Crippen LogP contribution in [0.25, 0.3) is 0 Å². The van der Waals surface area contributed by atoms with Gasteiger partial charge in [-0.3, -0.25) is 9.69 Å². The summed E-state index contributed by atoms with van der Waals surface area (Å²) < 4.78 is 25.5. The number of benzene rings is 2. The molecule has 7 nitrogen and oxygen atoms in total. The van der Waals surface area contributed by atoms with E-state index in [-0.39, 0.29) is 24.9 Å². The average Bonchev–Trinajstić information content (AvgIpc) is 2.94. The molecule has 1 aliphatic heterocycles. The molecule has 0 spiro atoms. The number of hydrogen-bond donors (Lipinski definition) is 1. The van der Waals surface area contributed by atoms with Gasteiger partial charge in [-0.15, -0.1) is 0 Å². The maximum Gasteiger partial charge on any atom is 0.219 e. The van der Waals surface area contributed by atoms with Crippen molar-refractivity contribution < 1.29 is 23.8 Å². The summed E-state index contributed by atoms with van der Waals surface area (Å²) in [7, 11) is 4.01. The number of β-amino-alcohol motifs (C(OH)–C–C–N with tert-alkyl or cyclic N) is 1. The largest absolute Gasteiger partial charge is 0.492 e. The van der Waals surface area contributed by atoms with Crippen LogP contribution in [-0.2, 0) is 11.3 Å². The minimum Gasteiger partial charge on any atom is -0.492 e. The molecule has 1 N–H and O–H groups in total. The van der Waals surface area contributed by atoms with E-state index in [0.29, 0.717) is 44.1 Å². The van der Waals surface area contributed by atoms with Crippen molar-refractivity contribution in [1.29, 1.82) is 0 Å². The Morgan fingerprint density at radius 1 is 1.12 bits per heavy atom. The zero-order chi connectivity index (χ0) is 24.7. The van der Waals surface area contributed by atoms with Crippen molar-refractivity contribution in [1.82, 2.24) is 14.7 Å². The van der Waals surface area contributed by atoms with Crippen LogP contribution in [0.5, 0.6) is 11.5 Å². The van der Waals surface area contributed by atoms with Gasteiger partial charge < -0.3 is 24.4 Å². The molecule has 1 amide bonds. The first-order valence-corrected chi connectivity index (χ1v) is 11.6. The van der Waals surface area contributed by atoms with Crippen molar-refractivity contribution in [2.45, 2.75) is 26.0 Å². The van der Waals surface area contributed by atoms with E-state index in [0.717, 1.165) is 17.9 Å². The molecule has 2 aromatic rings. The monoisotopic (exact) mass is 473 g/mol. The Hall–Kier alpha value is -2.68. The summed E-state index contributed by atoms with van der Waals surface area (Å²) in [5.74, 6) is 0.701. The summed E-state index contributed by atoms with van der Waals surface area (Å²) in [5.41, 5.74) is 0.286. The lowest BCUT2D eigenvalue weighted by Gasteiger charge is -2.32. The Morgan fingerprint density at radius 3 is 2.59 bits per heavy atom. The van der Waals surface area contributed by atoms with Crippen molar-refractivity contribution in [3.05, 3.63) is 59.4 Å². The topological polar surface area (TPSA) is 65.5 Å². The van der Waals surface area contributed by atoms with Gasteiger partial charge >= 0.3 is 0 Å². The van der Waals surface area contributed by atoms with Gasteiger partial charge in [0.1, 0.15) is 36.1 Å². The zero-order valence-electron chi connectivity index (χ0n) is 20.6. The minimum atomic E-state index is -1.30. The molecular weight excluding hydrogens is 437 g/mol. The predicted octanol–water partition coefficient (Wildman–Crippen LogP) is 2.55. The van der Waals surface area contributed by atoms with E-state index < -0.39 is 5.60 Å². The second-order valence-electron chi connectivity index (χ2n) is 9.37. The Bertz CT molecular complexity index is 971. The molecular formula is C26H36FN3O4. The maximum atomic E-state index is 13.9. The van der Waals surface area contributed by atoms with Crippen LogP contribution < -0.4 is 9.47 Å². The fraction of sp³-hybridized carbons (Fsp3) is 0.500. The highest BCUT2D eigenvalue weighted by atomic mass is 19.1. The van der Waals surface area contributed by atoms with Gasteiger partial charge in [-0.2, -0.15) is 0 Å². The second-order valence-corrected chi connectivity index (χ2v) is 9.37. The predicted molar refractivity (Wildman–Crippen MR) is 130 cm³/mol. The molecule has 1 heterocycles. The van der Waals surface area contributed by atoms with Crippen LogP contribution in [0.1, 0.15) is 18.1 Å². The lowest BCUT2D eigenvalue weighted by molar-refractivity contribution is -0.132. The molecule has 1 saturated heterocycles. The third-order valence-electron chi connectivity index (χ3n) is 5.90. The lowest BCUT2D eigenvalue weighted by Crippen LogP contribution is -2.51. The molecule has 186 valence electrons. The van der Waals surface area contributed by atoms with E-state index in [1.807, 2.05) is 38.4 Å². The van der Waals surface area contributed by atoms with E-state index in [1.165, 1.54) is 13.0 Å². The number of aliphatic hydroxyl groups is 1. The average molecular weight is 474 g/mol. The fourth-order valence-electron chi connectivity index (χ4n) is 3.96. The highest BCUT2D eigenvalue weighted by Gasteiger charge is 2.37. The smallest absolute Gasteiger partial charge is 0.219 e. The van der Waals surface area contributed by atoms with E-state index in [9.17, 15) is 14.3 Å². The first-order valence-electron chi connectivity index (χ1n) is 11.6. The summed E-state index contributed by atoms with van der Waals surface area (Å²) in [6.45, 7) is 6.76. The van der Waals surface area contributed by atoms with Crippen LogP contribution in [0.4, 0.5) is 4.39 Å². The molecule has 2 aromatic carbocycles. The molecule has 0 aliphatic carbocycles. The van der Waals surface area contributed by atoms with Gasteiger partial charge in [0.25, 0.3) is 0 Å². The van der Waals surface area contributed by atoms with E-state index in [2.05, 4.69) is 9.80 Å². The van der Waals surface area contributed by atoms with Crippen LogP contribution in [-0.4, -0.2) is 91.3 Å². The van der Waals surface area contributed by atoms with Crippen LogP contribution in [0, 0.1) is 12.7 Å². The molecule has 34 heavy (non-hydrogen) atoms. The van der Waals surface area contributed by atoms with E-state index in [1.54, 1.807) is 24.0 Å². The summed E-state index contributed by atoms with van der Waals surface area (Å²) >= 11 is 0. The lowest BCUT2D eigenvalue weighted by atomic mass is 10.0. The van der Waals surface area contributed by atoms with E-state index >= 15 is 0 Å². The molecule has 1 fully saturated rings. The van der Waals surface area contributed by atoms with Gasteiger partial charge in [0.2, 0.25) is 5.91 Å². The Kier molecular flexibility index (Phi) is 8.88. The third-order valence-corrected chi connectivity index (χ3v) is 5.90. The first kappa shape index (κ1) is 25.9. The highest BCUT2D eigenvalue weighted by molar-refractivity contribution is 5.73. The quantitative estimate of drug-likeness (QED) is 0.604. The van der Waals surface area contributed by atoms with Gasteiger partial charge in [-0.1, -0.05) is 18.2 Å². The second kappa shape index (κ2) is 11.6. The van der Waals surface area contributed by atoms with Crippen LogP contribution in [0.15, 0.2) is 42.5 Å². The summed E-state index contributed by atoms with van der Waals surface area (Å²) in [6, 6.07) is 12.6. The van der Waals surface area contributed by atoms with Crippen molar-refractivity contribution in [2.75, 3.05) is 60.0 Å². The molecule has 0 radical (unpaired) electrons. The van der Waals surface area contributed by atoms with Crippen molar-refractivity contribution in [3.8, 4) is 11.5 Å². The number of amides is 1. The molecule has 8 heteroatoms. The molecule has 0 unspecified atom stereocenters. The normalized spacial score (nSPS) is 19.2. The van der Waals surface area contributed by atoms with Crippen molar-refractivity contribution >= 4 is 5.91 Å². The maximum absolute atomic E-state index is 13.9. The van der Waals surface area contributed by atoms with Gasteiger partial charge in [-0.05, 0) is 50.3 Å². The zero-order valence-corrected chi connectivity index (χ0v) is 20.6. The molecule has 0 bridgehead atoms. The standard InChI is InChI=1S/C26H36FN3O4/c1-20-8-9-24(15-25(20)27)34-19-26(32)17-29(10-11-30(18-26)21(2)31)16-22-6-5-7-23(14-22)33-13-12-28(3)4/h5-9,14-15,32H,10-13,16-19H2,1-4H3/t26-/m0/s1. The number of likely N-dealkylation sites (N-methyl/N-ethyl adjacent to an activating group) is 1. The summed E-state index contributed by atoms with van der Waals surface area (Å²) in [4.78, 5) is 18.0. The summed E-state index contributed by atoms with van der Waals surface area (Å²) in [5, 5.41) is 11.4. The number of halogens is 1. The fourth-order valence-corrected chi connectivity index (χ4v) is 3.96. The molecule has 0 saturated carbocycles. The van der Waals surface area contributed by atoms with Gasteiger partial charge in [0.05, 0.1) is 6.54 Å². The number of nitrogens with zero attached hydrogens (tertiary/aromatic N) is 3. The Balaban J connectivity index is 1.69. The van der Waals surface area contributed by atoms with E-state index in [4.69, 9.17) is 9.47 Å². The van der Waals surface area contributed by atoms with Gasteiger partial charge in [0.15, 0.2) is 0 Å². The number of aryl methyl sites for hydroxylation is 1. The first-order chi connectivity index (χ1) is 16.1. The van der Waals surface area contributed by atoms with Crippen molar-refractivity contribution in [3.63, 3.8) is 0 Å². The number of carbonyl (C=O) groups excluding carboxylic acids is 1. The molecule has 1 aliphatic rings. The molecule has 0 aromatic heterocycles. The Labute approximate surface area is 201 Å². The SMILES string of the molecule is CC(=O)N1CCN(Cc2cccc(OCCN(C)C)c2)C[C@@](O)(COc2ccc(C)c(F)c2)C1. The summed E-state index contributed by atoms with van der Waals surface area (Å²) in [6.07, 6.45) is 0. The number of carbonyl (C=O) groups is 1. The van der Waals surface area contributed by atoms with Crippen LogP contribution in [0.3, 0.4) is 0 Å². The Morgan fingerprint density at radius 2 is 1.88 bits per heavy atom. The number of ether oxygens (including phenoxy) is 2. The highest BCUT2D eigenvalue weighted by Crippen LogP contribution is 2.22. The third kappa shape index (κ3) is 7.68. The molecule has 3 rings (SSSR count). The number of rotatable bonds is 9. The van der Waals surface area contributed by atoms with Gasteiger partial charge in [-0.25, -0.2) is 4.39 Å². The van der Waals surface area contributed by atoms with Crippen LogP contribution in [0.2, 0.25) is 0 Å². The molecule has 1 atom stereocenters.